The molecule has 4 fully saturated rings. The number of carbonyl (C=O) groups is 4. The number of nitrogens with zero attached hydrogens (tertiary/aromatic N) is 2. The normalized spacial score (nSPS) is 32.6. The van der Waals surface area contributed by atoms with Crippen LogP contribution in [0.3, 0.4) is 0 Å². The highest BCUT2D eigenvalue weighted by Gasteiger charge is 2.73. The van der Waals surface area contributed by atoms with Gasteiger partial charge < -0.3 is 19.8 Å². The standard InChI is InChI=1S/C31H30N4O4/c1-14-10-32-28-20(36)8-22-30(26(14)28)16(3)18(30)12-34(22)24(38)6-5-7-25(39)35-13-19-17(4)31(19)23(35)9-21(37)29-27(31)15(2)11-33-29/h8-11,17-19,32-33H,3,5-7,12-13H2,1-2,4H3/t17-,18+,19+,30?,31?/m1/s1. The molecule has 2 aliphatic heterocycles. The number of hydrogen-bond acceptors (Lipinski definition) is 4. The fraction of sp³-hybridized carbons (Fsp3) is 0.419. The maximum Gasteiger partial charge on any atom is 0.226 e. The highest BCUT2D eigenvalue weighted by Crippen LogP contribution is 2.72. The van der Waals surface area contributed by atoms with Crippen molar-refractivity contribution < 1.29 is 19.2 Å². The molecule has 5 atom stereocenters. The van der Waals surface area contributed by atoms with Crippen LogP contribution in [0.25, 0.3) is 0 Å². The summed E-state index contributed by atoms with van der Waals surface area (Å²) in [5, 5.41) is 0. The highest BCUT2D eigenvalue weighted by atomic mass is 16.2. The number of likely N-dealkylation sites (tertiary alicyclic amines) is 2. The van der Waals surface area contributed by atoms with E-state index in [1.807, 2.05) is 26.2 Å². The molecule has 8 heteroatoms. The molecule has 198 valence electrons. The maximum atomic E-state index is 13.4. The van der Waals surface area contributed by atoms with Crippen LogP contribution in [0.5, 0.6) is 0 Å². The van der Waals surface area contributed by atoms with E-state index in [2.05, 4.69) is 23.5 Å². The van der Waals surface area contributed by atoms with Gasteiger partial charge in [-0.15, -0.1) is 0 Å². The van der Waals surface area contributed by atoms with E-state index in [0.717, 1.165) is 39.2 Å². The molecule has 8 rings (SSSR count). The number of carbonyl (C=O) groups excluding carboxylic acids is 4. The molecule has 6 aliphatic rings. The molecule has 8 nitrogen and oxygen atoms in total. The summed E-state index contributed by atoms with van der Waals surface area (Å²) >= 11 is 0. The van der Waals surface area contributed by atoms with Gasteiger partial charge in [0.2, 0.25) is 23.4 Å². The van der Waals surface area contributed by atoms with Crippen molar-refractivity contribution in [3.05, 3.63) is 81.7 Å². The van der Waals surface area contributed by atoms with E-state index in [1.165, 1.54) is 0 Å². The smallest absolute Gasteiger partial charge is 0.226 e. The molecule has 0 radical (unpaired) electrons. The third-order valence-electron chi connectivity index (χ3n) is 10.7. The molecule has 2 aromatic heterocycles. The summed E-state index contributed by atoms with van der Waals surface area (Å²) in [7, 11) is 0. The number of hydrogen-bond donors (Lipinski definition) is 2. The Hall–Kier alpha value is -3.94. The van der Waals surface area contributed by atoms with E-state index in [1.54, 1.807) is 22.0 Å². The zero-order valence-corrected chi connectivity index (χ0v) is 22.3. The van der Waals surface area contributed by atoms with Crippen LogP contribution in [0.15, 0.2) is 48.1 Å². The summed E-state index contributed by atoms with van der Waals surface area (Å²) in [5.74, 6) is 0.536. The monoisotopic (exact) mass is 522 g/mol. The first kappa shape index (κ1) is 23.0. The highest BCUT2D eigenvalue weighted by molar-refractivity contribution is 6.10. The fourth-order valence-electron chi connectivity index (χ4n) is 8.83. The van der Waals surface area contributed by atoms with Gasteiger partial charge in [-0.2, -0.15) is 0 Å². The van der Waals surface area contributed by atoms with Crippen molar-refractivity contribution in [2.45, 2.75) is 50.9 Å². The molecular formula is C31H30N4O4. The van der Waals surface area contributed by atoms with Crippen LogP contribution in [0.2, 0.25) is 0 Å². The third kappa shape index (κ3) is 2.43. The topological polar surface area (TPSA) is 106 Å². The number of fused-ring (bicyclic) bond motifs is 2. The largest absolute Gasteiger partial charge is 0.358 e. The molecule has 2 N–H and O–H groups in total. The lowest BCUT2D eigenvalue weighted by Gasteiger charge is -2.30. The molecule has 2 aromatic rings. The van der Waals surface area contributed by atoms with Gasteiger partial charge in [0.1, 0.15) is 0 Å². The van der Waals surface area contributed by atoms with E-state index < -0.39 is 5.41 Å². The molecular weight excluding hydrogens is 492 g/mol. The number of aryl methyl sites for hydroxylation is 2. The molecule has 0 bridgehead atoms. The second kappa shape index (κ2) is 6.97. The van der Waals surface area contributed by atoms with Crippen LogP contribution in [0.1, 0.15) is 69.4 Å². The van der Waals surface area contributed by atoms with Gasteiger partial charge in [0.25, 0.3) is 0 Å². The summed E-state index contributed by atoms with van der Waals surface area (Å²) in [6.07, 6.45) is 7.87. The van der Waals surface area contributed by atoms with E-state index in [9.17, 15) is 19.2 Å². The number of H-pyrrole nitrogens is 2. The Morgan fingerprint density at radius 1 is 0.923 bits per heavy atom. The van der Waals surface area contributed by atoms with Crippen LogP contribution in [0.4, 0.5) is 0 Å². The Morgan fingerprint density at radius 2 is 1.49 bits per heavy atom. The van der Waals surface area contributed by atoms with Gasteiger partial charge in [-0.3, -0.25) is 19.2 Å². The summed E-state index contributed by atoms with van der Waals surface area (Å²) in [6.45, 7) is 11.6. The van der Waals surface area contributed by atoms with Crippen molar-refractivity contribution >= 4 is 23.4 Å². The summed E-state index contributed by atoms with van der Waals surface area (Å²) in [5.41, 5.74) is 7.34. The molecule has 4 aliphatic carbocycles. The average Bonchev–Trinajstić information content (AvgIpc) is 3.34. The van der Waals surface area contributed by atoms with Crippen molar-refractivity contribution in [3.8, 4) is 0 Å². The molecule has 2 saturated carbocycles. The number of ketones is 2. The summed E-state index contributed by atoms with van der Waals surface area (Å²) < 4.78 is 0. The lowest BCUT2D eigenvalue weighted by molar-refractivity contribution is -0.130. The van der Waals surface area contributed by atoms with Crippen molar-refractivity contribution in [1.29, 1.82) is 0 Å². The van der Waals surface area contributed by atoms with Crippen LogP contribution in [-0.4, -0.2) is 56.2 Å². The SMILES string of the molecule is C=C1[C@@H]2CN(C(=O)CCCC(=O)N3C[C@H]4[C@@H](C)C45C3=CC(=O)c3[nH]cc(C)c35)C3=CC(=O)c4[nH]cc(C)c4C132. The van der Waals surface area contributed by atoms with Crippen LogP contribution >= 0.6 is 0 Å². The second-order valence-corrected chi connectivity index (χ2v) is 12.2. The van der Waals surface area contributed by atoms with Crippen LogP contribution < -0.4 is 0 Å². The minimum Gasteiger partial charge on any atom is -0.358 e. The predicted octanol–water partition coefficient (Wildman–Crippen LogP) is 3.60. The Bertz CT molecular complexity index is 1670. The maximum absolute atomic E-state index is 13.4. The van der Waals surface area contributed by atoms with Gasteiger partial charge in [-0.05, 0) is 48.8 Å². The lowest BCUT2D eigenvalue weighted by Crippen LogP contribution is -2.36. The average molecular weight is 523 g/mol. The quantitative estimate of drug-likeness (QED) is 0.599. The fourth-order valence-corrected chi connectivity index (χ4v) is 8.83. The van der Waals surface area contributed by atoms with Gasteiger partial charge in [-0.25, -0.2) is 0 Å². The van der Waals surface area contributed by atoms with Gasteiger partial charge in [-0.1, -0.05) is 19.1 Å². The molecule has 39 heavy (non-hydrogen) atoms. The number of aromatic amines is 2. The first-order valence-electron chi connectivity index (χ1n) is 13.8. The number of allylic oxidation sites excluding steroid dienone is 4. The predicted molar refractivity (Wildman–Crippen MR) is 142 cm³/mol. The summed E-state index contributed by atoms with van der Waals surface area (Å²) in [4.78, 5) is 62.3. The third-order valence-corrected chi connectivity index (χ3v) is 10.7. The van der Waals surface area contributed by atoms with E-state index in [-0.39, 0.29) is 47.6 Å². The minimum absolute atomic E-state index is 0.0361. The number of nitrogens with one attached hydrogen (secondary N) is 2. The number of aromatic nitrogens is 2. The number of piperidine rings is 2. The van der Waals surface area contributed by atoms with Gasteiger partial charge in [0, 0.05) is 78.8 Å². The van der Waals surface area contributed by atoms with Crippen molar-refractivity contribution in [1.82, 2.24) is 19.8 Å². The van der Waals surface area contributed by atoms with Gasteiger partial charge in [0.05, 0.1) is 16.8 Å². The van der Waals surface area contributed by atoms with Crippen molar-refractivity contribution in [2.75, 3.05) is 13.1 Å². The molecule has 2 amide bonds. The first-order chi connectivity index (χ1) is 18.6. The van der Waals surface area contributed by atoms with E-state index in [4.69, 9.17) is 0 Å². The number of rotatable bonds is 4. The number of amides is 2. The second-order valence-electron chi connectivity index (χ2n) is 12.2. The Labute approximate surface area is 225 Å². The Balaban J connectivity index is 0.975. The van der Waals surface area contributed by atoms with Crippen LogP contribution in [-0.2, 0) is 20.4 Å². The van der Waals surface area contributed by atoms with Crippen molar-refractivity contribution in [3.63, 3.8) is 0 Å². The van der Waals surface area contributed by atoms with E-state index >= 15 is 0 Å². The lowest BCUT2D eigenvalue weighted by atomic mass is 9.82. The molecule has 4 heterocycles. The van der Waals surface area contributed by atoms with Gasteiger partial charge >= 0.3 is 0 Å². The first-order valence-corrected chi connectivity index (χ1v) is 13.8. The molecule has 2 spiro atoms. The molecule has 2 unspecified atom stereocenters. The van der Waals surface area contributed by atoms with Gasteiger partial charge in [0.15, 0.2) is 0 Å². The van der Waals surface area contributed by atoms with Crippen molar-refractivity contribution in [2.24, 2.45) is 17.8 Å². The van der Waals surface area contributed by atoms with E-state index in [0.29, 0.717) is 42.7 Å². The molecule has 2 saturated heterocycles. The Morgan fingerprint density at radius 3 is 2.15 bits per heavy atom. The zero-order valence-electron chi connectivity index (χ0n) is 22.3. The zero-order chi connectivity index (χ0) is 27.2. The van der Waals surface area contributed by atoms with Crippen LogP contribution in [0, 0.1) is 31.6 Å². The summed E-state index contributed by atoms with van der Waals surface area (Å²) in [6, 6.07) is 0. The minimum atomic E-state index is -0.435. The Kier molecular flexibility index (Phi) is 4.11. The molecule has 0 aromatic carbocycles.